The number of urea groups is 1. The van der Waals surface area contributed by atoms with E-state index in [9.17, 15) is 19.1 Å². The van der Waals surface area contributed by atoms with Gasteiger partial charge in [-0.3, -0.25) is 10.1 Å². The van der Waals surface area contributed by atoms with Crippen LogP contribution in [0.25, 0.3) is 10.8 Å². The third-order valence-electron chi connectivity index (χ3n) is 8.86. The lowest BCUT2D eigenvalue weighted by Gasteiger charge is -2.42. The zero-order chi connectivity index (χ0) is 28.5. The fraction of sp³-hybridized carbons (Fsp3) is 0.448. The van der Waals surface area contributed by atoms with Crippen molar-refractivity contribution >= 4 is 40.2 Å². The highest BCUT2D eigenvalue weighted by Gasteiger charge is 2.49. The number of nitrogens with one attached hydrogen (secondary N) is 2. The Labute approximate surface area is 236 Å². The summed E-state index contributed by atoms with van der Waals surface area (Å²) in [5.41, 5.74) is 8.35. The van der Waals surface area contributed by atoms with E-state index in [1.807, 2.05) is 11.8 Å². The Balaban J connectivity index is 1.30. The summed E-state index contributed by atoms with van der Waals surface area (Å²) in [5.74, 6) is 0.931. The lowest BCUT2D eigenvalue weighted by Crippen LogP contribution is -2.59. The second-order valence-corrected chi connectivity index (χ2v) is 11.6. The number of hydrogen-bond acceptors (Lipinski definition) is 9. The number of piperidine rings is 1. The standard InChI is InChI=1S/C29H33FN8O3/c1-2-19-21(30)5-4-16-10-18(39)11-23(24(16)19)36-9-6-20-22(14-36)32-27(38-12-17(31)13-38)33-25(20)37-8-3-7-29(15-37)26(40)34-28(41)35-29/h4-5,10-11,17,39H,2-3,6-9,12-15,31H2,1H3,(H2,34,35,40,41). The second kappa shape index (κ2) is 9.44. The summed E-state index contributed by atoms with van der Waals surface area (Å²) in [5, 5.41) is 17.4. The second-order valence-electron chi connectivity index (χ2n) is 11.6. The number of benzene rings is 2. The number of rotatable bonds is 4. The van der Waals surface area contributed by atoms with Crippen LogP contribution in [0.15, 0.2) is 24.3 Å². The van der Waals surface area contributed by atoms with Crippen LogP contribution in [0.2, 0.25) is 0 Å². The van der Waals surface area contributed by atoms with Crippen LogP contribution < -0.4 is 31.1 Å². The molecule has 1 unspecified atom stereocenters. The van der Waals surface area contributed by atoms with E-state index in [4.69, 9.17) is 15.7 Å². The molecule has 4 aliphatic rings. The minimum atomic E-state index is -0.978. The molecule has 3 amide bonds. The molecule has 3 aromatic rings. The minimum absolute atomic E-state index is 0.0613. The molecule has 1 aromatic heterocycles. The van der Waals surface area contributed by atoms with Crippen molar-refractivity contribution in [2.24, 2.45) is 5.73 Å². The number of carbonyl (C=O) groups excluding carboxylic acids is 2. The number of phenolic OH excluding ortho intramolecular Hbond substituents is 1. The summed E-state index contributed by atoms with van der Waals surface area (Å²) >= 11 is 0. The number of halogens is 1. The fourth-order valence-corrected chi connectivity index (χ4v) is 6.81. The smallest absolute Gasteiger partial charge is 0.322 e. The lowest BCUT2D eigenvalue weighted by molar-refractivity contribution is -0.124. The van der Waals surface area contributed by atoms with Gasteiger partial charge in [-0.25, -0.2) is 14.2 Å². The van der Waals surface area contributed by atoms with E-state index in [0.717, 1.165) is 40.0 Å². The highest BCUT2D eigenvalue weighted by molar-refractivity contribution is 6.07. The number of fused-ring (bicyclic) bond motifs is 2. The predicted molar refractivity (Wildman–Crippen MR) is 153 cm³/mol. The molecule has 41 heavy (non-hydrogen) atoms. The monoisotopic (exact) mass is 560 g/mol. The highest BCUT2D eigenvalue weighted by atomic mass is 19.1. The molecule has 0 saturated carbocycles. The number of phenols is 1. The summed E-state index contributed by atoms with van der Waals surface area (Å²) in [4.78, 5) is 41.1. The first-order valence-corrected chi connectivity index (χ1v) is 14.2. The molecule has 214 valence electrons. The van der Waals surface area contributed by atoms with Gasteiger partial charge in [0.1, 0.15) is 22.9 Å². The Morgan fingerprint density at radius 2 is 1.98 bits per heavy atom. The lowest BCUT2D eigenvalue weighted by atomic mass is 9.88. The SMILES string of the molecule is CCc1c(F)ccc2cc(O)cc(N3CCc4c(nc(N5CC(N)C5)nc4N4CCCC5(C4)NC(=O)NC5=O)C3)c12. The third kappa shape index (κ3) is 4.19. The molecule has 0 radical (unpaired) electrons. The minimum Gasteiger partial charge on any atom is -0.508 e. The molecule has 3 fully saturated rings. The van der Waals surface area contributed by atoms with E-state index in [1.54, 1.807) is 18.2 Å². The topological polar surface area (TPSA) is 140 Å². The first-order valence-electron chi connectivity index (χ1n) is 14.2. The number of aromatic hydroxyl groups is 1. The molecule has 1 spiro atoms. The highest BCUT2D eigenvalue weighted by Crippen LogP contribution is 2.40. The van der Waals surface area contributed by atoms with Crippen molar-refractivity contribution in [1.82, 2.24) is 20.6 Å². The van der Waals surface area contributed by atoms with Gasteiger partial charge in [-0.1, -0.05) is 13.0 Å². The van der Waals surface area contributed by atoms with Crippen LogP contribution in [0.5, 0.6) is 5.75 Å². The van der Waals surface area contributed by atoms with Crippen LogP contribution in [-0.4, -0.2) is 71.3 Å². The number of amides is 3. The van der Waals surface area contributed by atoms with Crippen molar-refractivity contribution in [2.45, 2.75) is 50.7 Å². The maximum atomic E-state index is 14.9. The van der Waals surface area contributed by atoms with Gasteiger partial charge in [0.25, 0.3) is 5.91 Å². The van der Waals surface area contributed by atoms with Gasteiger partial charge in [-0.05, 0) is 48.8 Å². The van der Waals surface area contributed by atoms with Crippen LogP contribution in [0.1, 0.15) is 36.6 Å². The molecule has 2 aromatic carbocycles. The molecule has 7 rings (SSSR count). The van der Waals surface area contributed by atoms with Crippen molar-refractivity contribution in [3.05, 3.63) is 46.9 Å². The van der Waals surface area contributed by atoms with E-state index < -0.39 is 11.6 Å². The Kier molecular flexibility index (Phi) is 5.93. The van der Waals surface area contributed by atoms with Gasteiger partial charge in [-0.15, -0.1) is 0 Å². The maximum Gasteiger partial charge on any atom is 0.322 e. The van der Waals surface area contributed by atoms with Crippen molar-refractivity contribution < 1.29 is 19.1 Å². The molecule has 0 bridgehead atoms. The number of nitrogens with two attached hydrogens (primary N) is 1. The summed E-state index contributed by atoms with van der Waals surface area (Å²) in [6.45, 7) is 5.33. The van der Waals surface area contributed by atoms with Crippen LogP contribution in [0.4, 0.5) is 26.6 Å². The Bertz CT molecular complexity index is 1590. The number of anilines is 3. The molecule has 3 saturated heterocycles. The van der Waals surface area contributed by atoms with Crippen LogP contribution in [-0.2, 0) is 24.2 Å². The number of hydrogen-bond donors (Lipinski definition) is 4. The largest absolute Gasteiger partial charge is 0.508 e. The summed E-state index contributed by atoms with van der Waals surface area (Å²) in [6, 6.07) is 6.14. The van der Waals surface area contributed by atoms with Crippen LogP contribution >= 0.6 is 0 Å². The molecular formula is C29H33FN8O3. The molecular weight excluding hydrogens is 527 g/mol. The van der Waals surface area contributed by atoms with E-state index in [-0.39, 0.29) is 23.5 Å². The van der Waals surface area contributed by atoms with Gasteiger partial charge >= 0.3 is 6.03 Å². The van der Waals surface area contributed by atoms with Gasteiger partial charge in [0, 0.05) is 54.9 Å². The average molecular weight is 561 g/mol. The Morgan fingerprint density at radius 3 is 2.71 bits per heavy atom. The third-order valence-corrected chi connectivity index (χ3v) is 8.86. The Hall–Kier alpha value is -4.19. The van der Waals surface area contributed by atoms with Gasteiger partial charge in [-0.2, -0.15) is 4.98 Å². The maximum absolute atomic E-state index is 14.9. The van der Waals surface area contributed by atoms with Crippen LogP contribution in [0, 0.1) is 5.82 Å². The zero-order valence-corrected chi connectivity index (χ0v) is 22.9. The molecule has 5 N–H and O–H groups in total. The van der Waals surface area contributed by atoms with Crippen molar-refractivity contribution in [3.63, 3.8) is 0 Å². The quantitative estimate of drug-likeness (QED) is 0.353. The average Bonchev–Trinajstić information content (AvgIpc) is 3.21. The normalized spacial score (nSPS) is 22.7. The number of imide groups is 1. The number of carbonyl (C=O) groups is 2. The Morgan fingerprint density at radius 1 is 1.15 bits per heavy atom. The van der Waals surface area contributed by atoms with E-state index in [0.29, 0.717) is 70.0 Å². The molecule has 4 aliphatic heterocycles. The fourth-order valence-electron chi connectivity index (χ4n) is 6.81. The van der Waals surface area contributed by atoms with Gasteiger partial charge in [0.05, 0.1) is 18.8 Å². The van der Waals surface area contributed by atoms with Gasteiger partial charge in [0.15, 0.2) is 0 Å². The number of aromatic nitrogens is 2. The number of nitrogens with zero attached hydrogens (tertiary/aromatic N) is 5. The summed E-state index contributed by atoms with van der Waals surface area (Å²) in [6.07, 6.45) is 2.44. The molecule has 11 nitrogen and oxygen atoms in total. The molecule has 12 heteroatoms. The van der Waals surface area contributed by atoms with Crippen molar-refractivity contribution in [2.75, 3.05) is 47.4 Å². The summed E-state index contributed by atoms with van der Waals surface area (Å²) < 4.78 is 14.9. The van der Waals surface area contributed by atoms with E-state index in [1.165, 1.54) is 6.07 Å². The molecule has 1 atom stereocenters. The van der Waals surface area contributed by atoms with Crippen molar-refractivity contribution in [3.8, 4) is 5.75 Å². The van der Waals surface area contributed by atoms with Gasteiger partial charge < -0.3 is 30.9 Å². The van der Waals surface area contributed by atoms with Crippen LogP contribution in [0.3, 0.4) is 0 Å². The molecule has 5 heterocycles. The van der Waals surface area contributed by atoms with E-state index >= 15 is 0 Å². The predicted octanol–water partition coefficient (Wildman–Crippen LogP) is 1.93. The number of aryl methyl sites for hydroxylation is 1. The summed E-state index contributed by atoms with van der Waals surface area (Å²) in [7, 11) is 0. The van der Waals surface area contributed by atoms with Crippen molar-refractivity contribution in [1.29, 1.82) is 0 Å². The first kappa shape index (κ1) is 25.8. The molecule has 0 aliphatic carbocycles. The first-order chi connectivity index (χ1) is 19.7. The zero-order valence-electron chi connectivity index (χ0n) is 22.9. The van der Waals surface area contributed by atoms with E-state index in [2.05, 4.69) is 20.4 Å². The van der Waals surface area contributed by atoms with Gasteiger partial charge in [0.2, 0.25) is 5.95 Å².